The Morgan fingerprint density at radius 2 is 2.09 bits per heavy atom. The van der Waals surface area contributed by atoms with Crippen molar-refractivity contribution >= 4 is 11.9 Å². The van der Waals surface area contributed by atoms with Crippen LogP contribution < -0.4 is 14.8 Å². The fourth-order valence-electron chi connectivity index (χ4n) is 2.01. The van der Waals surface area contributed by atoms with Gasteiger partial charge in [0.2, 0.25) is 0 Å². The normalized spacial score (nSPS) is 14.9. The molecule has 2 rings (SSSR count). The van der Waals surface area contributed by atoms with Gasteiger partial charge in [0, 0.05) is 13.2 Å². The van der Waals surface area contributed by atoms with Crippen molar-refractivity contribution in [2.75, 3.05) is 27.4 Å². The van der Waals surface area contributed by atoms with Crippen molar-refractivity contribution in [2.24, 2.45) is 5.92 Å². The molecule has 23 heavy (non-hydrogen) atoms. The molecule has 1 aliphatic rings. The summed E-state index contributed by atoms with van der Waals surface area (Å²) in [4.78, 5) is 23.5. The number of carbonyl (C=O) groups excluding carboxylic acids is 1. The van der Waals surface area contributed by atoms with Crippen LogP contribution in [-0.4, -0.2) is 50.5 Å². The van der Waals surface area contributed by atoms with Crippen molar-refractivity contribution in [3.8, 4) is 11.5 Å². The molecule has 1 fully saturated rings. The van der Waals surface area contributed by atoms with Gasteiger partial charge in [0.05, 0.1) is 25.9 Å². The summed E-state index contributed by atoms with van der Waals surface area (Å²) in [5.74, 6) is -0.205. The van der Waals surface area contributed by atoms with Crippen LogP contribution in [0.15, 0.2) is 18.2 Å². The zero-order valence-corrected chi connectivity index (χ0v) is 13.2. The van der Waals surface area contributed by atoms with Crippen LogP contribution in [0, 0.1) is 5.92 Å². The third kappa shape index (κ3) is 4.85. The molecule has 0 saturated heterocycles. The average molecular weight is 323 g/mol. The number of nitrogens with one attached hydrogen (secondary N) is 1. The standard InChI is InChI=1S/C16H21NO6/c1-21-9-13(16(19)20)17-15(18)12-6-5-11(22-2)7-14(12)23-8-10-3-4-10/h5-7,10,13H,3-4,8-9H2,1-2H3,(H,17,18)(H,19,20). The molecule has 2 N–H and O–H groups in total. The third-order valence-electron chi connectivity index (χ3n) is 3.54. The molecule has 1 saturated carbocycles. The number of rotatable bonds is 9. The fraction of sp³-hybridized carbons (Fsp3) is 0.500. The topological polar surface area (TPSA) is 94.1 Å². The first-order valence-corrected chi connectivity index (χ1v) is 7.38. The van der Waals surface area contributed by atoms with E-state index >= 15 is 0 Å². The number of carboxylic acids is 1. The molecule has 1 amide bonds. The smallest absolute Gasteiger partial charge is 0.328 e. The van der Waals surface area contributed by atoms with Gasteiger partial charge in [-0.15, -0.1) is 0 Å². The zero-order chi connectivity index (χ0) is 16.8. The molecule has 0 aliphatic heterocycles. The number of hydrogen-bond donors (Lipinski definition) is 2. The molecule has 7 nitrogen and oxygen atoms in total. The molecule has 0 heterocycles. The van der Waals surface area contributed by atoms with Crippen molar-refractivity contribution in [3.05, 3.63) is 23.8 Å². The van der Waals surface area contributed by atoms with Gasteiger partial charge < -0.3 is 24.6 Å². The molecule has 0 spiro atoms. The summed E-state index contributed by atoms with van der Waals surface area (Å²) in [7, 11) is 2.90. The van der Waals surface area contributed by atoms with Crippen LogP contribution in [0.25, 0.3) is 0 Å². The molecule has 1 aromatic rings. The minimum absolute atomic E-state index is 0.116. The molecule has 0 bridgehead atoms. The van der Waals surface area contributed by atoms with Gasteiger partial charge in [-0.25, -0.2) is 4.79 Å². The van der Waals surface area contributed by atoms with E-state index < -0.39 is 17.9 Å². The largest absolute Gasteiger partial charge is 0.497 e. The molecule has 126 valence electrons. The highest BCUT2D eigenvalue weighted by Gasteiger charge is 2.25. The van der Waals surface area contributed by atoms with E-state index in [1.54, 1.807) is 18.2 Å². The Balaban J connectivity index is 2.14. The number of ether oxygens (including phenoxy) is 3. The van der Waals surface area contributed by atoms with Crippen molar-refractivity contribution in [1.29, 1.82) is 0 Å². The molecule has 1 atom stereocenters. The zero-order valence-electron chi connectivity index (χ0n) is 13.2. The summed E-state index contributed by atoms with van der Waals surface area (Å²) in [6.07, 6.45) is 2.25. The van der Waals surface area contributed by atoms with Crippen molar-refractivity contribution in [2.45, 2.75) is 18.9 Å². The molecule has 0 radical (unpaired) electrons. The van der Waals surface area contributed by atoms with Gasteiger partial charge in [0.25, 0.3) is 5.91 Å². The maximum Gasteiger partial charge on any atom is 0.328 e. The SMILES string of the molecule is COCC(NC(=O)c1ccc(OC)cc1OCC1CC1)C(=O)O. The molecule has 1 aromatic carbocycles. The second-order valence-corrected chi connectivity index (χ2v) is 5.44. The van der Waals surface area contributed by atoms with E-state index in [1.807, 2.05) is 0 Å². The molecule has 7 heteroatoms. The summed E-state index contributed by atoms with van der Waals surface area (Å²) < 4.78 is 15.7. The van der Waals surface area contributed by atoms with Gasteiger partial charge in [0.15, 0.2) is 6.04 Å². The lowest BCUT2D eigenvalue weighted by atomic mass is 10.1. The number of amides is 1. The maximum atomic E-state index is 12.4. The van der Waals surface area contributed by atoms with Crippen LogP contribution in [0.5, 0.6) is 11.5 Å². The summed E-state index contributed by atoms with van der Waals surface area (Å²) >= 11 is 0. The number of aliphatic carboxylic acids is 1. The predicted molar refractivity (Wildman–Crippen MR) is 82.0 cm³/mol. The average Bonchev–Trinajstić information content (AvgIpc) is 3.36. The van der Waals surface area contributed by atoms with Crippen molar-refractivity contribution in [1.82, 2.24) is 5.32 Å². The number of methoxy groups -OCH3 is 2. The molecule has 0 aromatic heterocycles. The first-order valence-electron chi connectivity index (χ1n) is 7.38. The first-order chi connectivity index (χ1) is 11.0. The molecule has 1 unspecified atom stereocenters. The highest BCUT2D eigenvalue weighted by molar-refractivity contribution is 5.99. The van der Waals surface area contributed by atoms with E-state index in [-0.39, 0.29) is 12.2 Å². The lowest BCUT2D eigenvalue weighted by molar-refractivity contribution is -0.140. The Morgan fingerprint density at radius 3 is 2.65 bits per heavy atom. The summed E-state index contributed by atoms with van der Waals surface area (Å²) in [6, 6.07) is 3.70. The minimum Gasteiger partial charge on any atom is -0.497 e. The van der Waals surface area contributed by atoms with Gasteiger partial charge in [-0.1, -0.05) is 0 Å². The summed E-state index contributed by atoms with van der Waals surface area (Å²) in [6.45, 7) is 0.420. The van der Waals surface area contributed by atoms with Crippen LogP contribution in [0.1, 0.15) is 23.2 Å². The Labute approximate surface area is 134 Å². The van der Waals surface area contributed by atoms with E-state index in [4.69, 9.17) is 19.3 Å². The molecular formula is C16H21NO6. The van der Waals surface area contributed by atoms with E-state index in [2.05, 4.69) is 5.32 Å². The molecule has 1 aliphatic carbocycles. The number of carbonyl (C=O) groups is 2. The Kier molecular flexibility index (Phi) is 5.81. The van der Waals surface area contributed by atoms with Crippen LogP contribution in [-0.2, 0) is 9.53 Å². The van der Waals surface area contributed by atoms with Crippen LogP contribution in [0.4, 0.5) is 0 Å². The summed E-state index contributed by atoms with van der Waals surface area (Å²) in [5.41, 5.74) is 0.272. The van der Waals surface area contributed by atoms with Crippen molar-refractivity contribution in [3.63, 3.8) is 0 Å². The Bertz CT molecular complexity index is 570. The second kappa shape index (κ2) is 7.82. The van der Waals surface area contributed by atoms with Crippen LogP contribution in [0.3, 0.4) is 0 Å². The Morgan fingerprint density at radius 1 is 1.35 bits per heavy atom. The van der Waals surface area contributed by atoms with Gasteiger partial charge in [0.1, 0.15) is 11.5 Å². The Hall–Kier alpha value is -2.28. The lowest BCUT2D eigenvalue weighted by Crippen LogP contribution is -2.43. The molecular weight excluding hydrogens is 302 g/mol. The van der Waals surface area contributed by atoms with Crippen LogP contribution >= 0.6 is 0 Å². The quantitative estimate of drug-likeness (QED) is 0.712. The van der Waals surface area contributed by atoms with E-state index in [0.29, 0.717) is 24.0 Å². The van der Waals surface area contributed by atoms with Crippen LogP contribution in [0.2, 0.25) is 0 Å². The lowest BCUT2D eigenvalue weighted by Gasteiger charge is -2.16. The monoisotopic (exact) mass is 323 g/mol. The van der Waals surface area contributed by atoms with Gasteiger partial charge >= 0.3 is 5.97 Å². The minimum atomic E-state index is -1.16. The third-order valence-corrected chi connectivity index (χ3v) is 3.54. The highest BCUT2D eigenvalue weighted by Crippen LogP contribution is 2.31. The maximum absolute atomic E-state index is 12.4. The van der Waals surface area contributed by atoms with E-state index in [0.717, 1.165) is 12.8 Å². The van der Waals surface area contributed by atoms with Gasteiger partial charge in [-0.05, 0) is 30.9 Å². The number of hydrogen-bond acceptors (Lipinski definition) is 5. The summed E-state index contributed by atoms with van der Waals surface area (Å²) in [5, 5.41) is 11.5. The fourth-order valence-corrected chi connectivity index (χ4v) is 2.01. The van der Waals surface area contributed by atoms with E-state index in [9.17, 15) is 9.59 Å². The van der Waals surface area contributed by atoms with Crippen molar-refractivity contribution < 1.29 is 28.9 Å². The second-order valence-electron chi connectivity index (χ2n) is 5.44. The van der Waals surface area contributed by atoms with E-state index in [1.165, 1.54) is 14.2 Å². The highest BCUT2D eigenvalue weighted by atomic mass is 16.5. The number of benzene rings is 1. The predicted octanol–water partition coefficient (Wildman–Crippen LogP) is 1.31. The first kappa shape index (κ1) is 17.1. The number of carboxylic acid groups (broad SMARTS) is 1. The van der Waals surface area contributed by atoms with Gasteiger partial charge in [-0.3, -0.25) is 4.79 Å². The van der Waals surface area contributed by atoms with Gasteiger partial charge in [-0.2, -0.15) is 0 Å².